The predicted octanol–water partition coefficient (Wildman–Crippen LogP) is 2.28. The summed E-state index contributed by atoms with van der Waals surface area (Å²) < 4.78 is 25.3. The summed E-state index contributed by atoms with van der Waals surface area (Å²) in [7, 11) is -3.74. The molecule has 128 valence electrons. The molecular formula is C16H20N4O3S. The number of rotatable bonds is 6. The third-order valence-corrected chi connectivity index (χ3v) is 5.97. The molecule has 1 aliphatic rings. The van der Waals surface area contributed by atoms with Crippen molar-refractivity contribution in [1.29, 1.82) is 0 Å². The highest BCUT2D eigenvalue weighted by atomic mass is 32.2. The lowest BCUT2D eigenvalue weighted by atomic mass is 9.79. The summed E-state index contributed by atoms with van der Waals surface area (Å²) in [5.74, 6) is 0.587. The largest absolute Gasteiger partial charge is 0.326 e. The van der Waals surface area contributed by atoms with Crippen LogP contribution in [0.25, 0.3) is 0 Å². The Morgan fingerprint density at radius 2 is 2.04 bits per heavy atom. The number of nitrogens with one attached hydrogen (secondary N) is 1. The first-order valence-electron chi connectivity index (χ1n) is 7.98. The number of benzene rings is 1. The molecule has 8 heteroatoms. The minimum absolute atomic E-state index is 0.0335. The monoisotopic (exact) mass is 348 g/mol. The molecule has 1 aromatic carbocycles. The van der Waals surface area contributed by atoms with Crippen LogP contribution in [-0.4, -0.2) is 28.5 Å². The lowest BCUT2D eigenvalue weighted by Crippen LogP contribution is -2.25. The fourth-order valence-electron chi connectivity index (χ4n) is 2.74. The van der Waals surface area contributed by atoms with Crippen molar-refractivity contribution in [2.75, 3.05) is 5.32 Å². The summed E-state index contributed by atoms with van der Waals surface area (Å²) in [5, 5.41) is 6.49. The highest BCUT2D eigenvalue weighted by Gasteiger charge is 2.24. The first kappa shape index (κ1) is 16.6. The Balaban J connectivity index is 1.65. The lowest BCUT2D eigenvalue weighted by molar-refractivity contribution is -0.120. The smallest absolute Gasteiger partial charge is 0.284 e. The normalized spacial score (nSPS) is 16.4. The maximum atomic E-state index is 12.3. The summed E-state index contributed by atoms with van der Waals surface area (Å²) in [6.07, 6.45) is 6.90. The van der Waals surface area contributed by atoms with Gasteiger partial charge in [-0.1, -0.05) is 26.2 Å². The van der Waals surface area contributed by atoms with Crippen molar-refractivity contribution in [2.45, 2.75) is 37.5 Å². The summed E-state index contributed by atoms with van der Waals surface area (Å²) in [4.78, 5) is 15.9. The second-order valence-corrected chi connectivity index (χ2v) is 8.02. The number of carbonyl (C=O) groups is 1. The van der Waals surface area contributed by atoms with Crippen molar-refractivity contribution in [1.82, 2.24) is 14.2 Å². The van der Waals surface area contributed by atoms with E-state index in [1.54, 1.807) is 12.1 Å². The van der Waals surface area contributed by atoms with Crippen molar-refractivity contribution < 1.29 is 13.2 Å². The van der Waals surface area contributed by atoms with Gasteiger partial charge >= 0.3 is 0 Å². The third-order valence-electron chi connectivity index (χ3n) is 4.42. The van der Waals surface area contributed by atoms with Crippen LogP contribution in [0.3, 0.4) is 0 Å². The number of hydrogen-bond donors (Lipinski definition) is 1. The van der Waals surface area contributed by atoms with Gasteiger partial charge in [0.25, 0.3) is 10.0 Å². The van der Waals surface area contributed by atoms with Gasteiger partial charge in [-0.3, -0.25) is 4.79 Å². The Kier molecular flexibility index (Phi) is 4.66. The van der Waals surface area contributed by atoms with Crippen LogP contribution >= 0.6 is 0 Å². The molecule has 2 aromatic rings. The number of nitrogens with zero attached hydrogens (tertiary/aromatic N) is 3. The van der Waals surface area contributed by atoms with Crippen LogP contribution in [0, 0.1) is 11.8 Å². The van der Waals surface area contributed by atoms with E-state index in [0.717, 1.165) is 23.2 Å². The molecule has 1 unspecified atom stereocenters. The maximum Gasteiger partial charge on any atom is 0.284 e. The molecule has 1 aliphatic carbocycles. The van der Waals surface area contributed by atoms with E-state index in [1.165, 1.54) is 31.4 Å². The van der Waals surface area contributed by atoms with E-state index >= 15 is 0 Å². The summed E-state index contributed by atoms with van der Waals surface area (Å²) >= 11 is 0. The van der Waals surface area contributed by atoms with Gasteiger partial charge in [-0.2, -0.15) is 8.42 Å². The molecule has 0 saturated heterocycles. The van der Waals surface area contributed by atoms with Crippen LogP contribution in [0.1, 0.15) is 32.6 Å². The molecule has 24 heavy (non-hydrogen) atoms. The minimum Gasteiger partial charge on any atom is -0.326 e. The Hall–Kier alpha value is -2.22. The molecule has 0 spiro atoms. The molecule has 1 amide bonds. The number of amides is 1. The highest BCUT2D eigenvalue weighted by Crippen LogP contribution is 2.32. The van der Waals surface area contributed by atoms with Gasteiger partial charge in [-0.25, -0.2) is 4.98 Å². The quantitative estimate of drug-likeness (QED) is 0.864. The van der Waals surface area contributed by atoms with E-state index < -0.39 is 10.0 Å². The Labute approximate surface area is 141 Å². The molecule has 0 radical (unpaired) electrons. The van der Waals surface area contributed by atoms with Crippen LogP contribution in [0.4, 0.5) is 5.69 Å². The molecule has 7 nitrogen and oxygen atoms in total. The Morgan fingerprint density at radius 3 is 2.58 bits per heavy atom. The number of anilines is 1. The van der Waals surface area contributed by atoms with Crippen molar-refractivity contribution in [3.63, 3.8) is 0 Å². The van der Waals surface area contributed by atoms with Gasteiger partial charge in [-0.15, -0.1) is 9.19 Å². The third kappa shape index (κ3) is 3.48. The van der Waals surface area contributed by atoms with Gasteiger partial charge in [0.2, 0.25) is 5.91 Å². The molecule has 1 atom stereocenters. The standard InChI is InChI=1S/C16H20N4O3S/c1-12(9-13-3-2-4-13)16(21)19-14-5-7-15(8-6-14)24(22,23)20-11-17-10-18-20/h5-8,10-13H,2-4,9H2,1H3,(H,19,21). The summed E-state index contributed by atoms with van der Waals surface area (Å²) in [6, 6.07) is 6.06. The fourth-order valence-corrected chi connectivity index (χ4v) is 3.78. The predicted molar refractivity (Wildman–Crippen MR) is 88.8 cm³/mol. The average Bonchev–Trinajstić information content (AvgIpc) is 3.06. The van der Waals surface area contributed by atoms with Crippen LogP contribution < -0.4 is 5.32 Å². The van der Waals surface area contributed by atoms with E-state index in [9.17, 15) is 13.2 Å². The molecule has 3 rings (SSSR count). The second-order valence-electron chi connectivity index (χ2n) is 6.22. The summed E-state index contributed by atoms with van der Waals surface area (Å²) in [5.41, 5.74) is 0.581. The number of aromatic nitrogens is 3. The first-order chi connectivity index (χ1) is 11.5. The van der Waals surface area contributed by atoms with E-state index in [0.29, 0.717) is 11.6 Å². The zero-order chi connectivity index (χ0) is 17.2. The van der Waals surface area contributed by atoms with Crippen LogP contribution in [-0.2, 0) is 14.8 Å². The van der Waals surface area contributed by atoms with Crippen molar-refractivity contribution in [3.05, 3.63) is 36.9 Å². The zero-order valence-corrected chi connectivity index (χ0v) is 14.2. The van der Waals surface area contributed by atoms with Crippen molar-refractivity contribution >= 4 is 21.6 Å². The molecule has 1 N–H and O–H groups in total. The van der Waals surface area contributed by atoms with Crippen molar-refractivity contribution in [2.24, 2.45) is 11.8 Å². The van der Waals surface area contributed by atoms with Crippen LogP contribution in [0.5, 0.6) is 0 Å². The maximum absolute atomic E-state index is 12.3. The van der Waals surface area contributed by atoms with E-state index in [1.807, 2.05) is 6.92 Å². The van der Waals surface area contributed by atoms with Crippen LogP contribution in [0.2, 0.25) is 0 Å². The molecule has 0 bridgehead atoms. The lowest BCUT2D eigenvalue weighted by Gasteiger charge is -2.27. The Bertz CT molecular complexity index is 796. The van der Waals surface area contributed by atoms with E-state index in [-0.39, 0.29) is 16.7 Å². The number of carbonyl (C=O) groups excluding carboxylic acids is 1. The van der Waals surface area contributed by atoms with Gasteiger partial charge in [0.15, 0.2) is 0 Å². The van der Waals surface area contributed by atoms with Gasteiger partial charge in [0, 0.05) is 11.6 Å². The second kappa shape index (κ2) is 6.72. The summed E-state index contributed by atoms with van der Waals surface area (Å²) in [6.45, 7) is 1.93. The molecular weight excluding hydrogens is 328 g/mol. The van der Waals surface area contributed by atoms with Gasteiger partial charge in [0.05, 0.1) is 4.90 Å². The number of hydrogen-bond acceptors (Lipinski definition) is 5. The van der Waals surface area contributed by atoms with E-state index in [4.69, 9.17) is 0 Å². The fraction of sp³-hybridized carbons (Fsp3) is 0.438. The minimum atomic E-state index is -3.74. The molecule has 1 saturated carbocycles. The first-order valence-corrected chi connectivity index (χ1v) is 9.42. The average molecular weight is 348 g/mol. The highest BCUT2D eigenvalue weighted by molar-refractivity contribution is 7.89. The van der Waals surface area contributed by atoms with Gasteiger partial charge in [0.1, 0.15) is 12.7 Å². The molecule has 1 aromatic heterocycles. The van der Waals surface area contributed by atoms with Crippen LogP contribution in [0.15, 0.2) is 41.8 Å². The van der Waals surface area contributed by atoms with E-state index in [2.05, 4.69) is 15.4 Å². The molecule has 1 heterocycles. The van der Waals surface area contributed by atoms with Gasteiger partial charge in [-0.05, 0) is 36.6 Å². The zero-order valence-electron chi connectivity index (χ0n) is 13.4. The Morgan fingerprint density at radius 1 is 1.33 bits per heavy atom. The van der Waals surface area contributed by atoms with Gasteiger partial charge < -0.3 is 5.32 Å². The molecule has 0 aliphatic heterocycles. The topological polar surface area (TPSA) is 94.0 Å². The SMILES string of the molecule is CC(CC1CCC1)C(=O)Nc1ccc(S(=O)(=O)n2cncn2)cc1. The van der Waals surface area contributed by atoms with Crippen molar-refractivity contribution in [3.8, 4) is 0 Å². The molecule has 1 fully saturated rings.